The van der Waals surface area contributed by atoms with Crippen LogP contribution in [0.5, 0.6) is 0 Å². The maximum Gasteiger partial charge on any atom is 0.410 e. The number of hydrogen-bond acceptors (Lipinski definition) is 4. The van der Waals surface area contributed by atoms with Gasteiger partial charge in [0.05, 0.1) is 18.1 Å². The van der Waals surface area contributed by atoms with Gasteiger partial charge in [-0.05, 0) is 13.3 Å². The smallest absolute Gasteiger partial charge is 0.410 e. The molecule has 0 aromatic carbocycles. The Morgan fingerprint density at radius 3 is 2.76 bits per heavy atom. The minimum absolute atomic E-state index is 0.0667. The Hall–Kier alpha value is -1.56. The number of carbonyl (C=O) groups is 2. The highest BCUT2D eigenvalue weighted by molar-refractivity contribution is 5.78. The molecule has 1 aliphatic heterocycles. The van der Waals surface area contributed by atoms with E-state index in [2.05, 4.69) is 6.58 Å². The number of likely N-dealkylation sites (tertiary alicyclic amines) is 1. The molecule has 0 aliphatic carbocycles. The van der Waals surface area contributed by atoms with Crippen LogP contribution in [0.4, 0.5) is 4.79 Å². The Bertz CT molecular complexity index is 330. The predicted molar refractivity (Wildman–Crippen MR) is 59.5 cm³/mol. The van der Waals surface area contributed by atoms with Gasteiger partial charge in [0, 0.05) is 6.54 Å². The topological polar surface area (TPSA) is 87.1 Å². The number of nitrogens with zero attached hydrogens (tertiary/aromatic N) is 1. The first-order chi connectivity index (χ1) is 7.97. The number of aliphatic hydroxyl groups is 1. The van der Waals surface area contributed by atoms with Crippen LogP contribution < -0.4 is 0 Å². The predicted octanol–water partition coefficient (Wildman–Crippen LogP) is 0.467. The van der Waals surface area contributed by atoms with E-state index in [0.717, 1.165) is 0 Å². The van der Waals surface area contributed by atoms with E-state index in [1.165, 1.54) is 17.9 Å². The third-order valence-corrected chi connectivity index (χ3v) is 3.20. The Balaban J connectivity index is 2.80. The molecule has 17 heavy (non-hydrogen) atoms. The molecule has 1 heterocycles. The van der Waals surface area contributed by atoms with Crippen molar-refractivity contribution in [1.29, 1.82) is 0 Å². The number of amides is 1. The Kier molecular flexibility index (Phi) is 4.11. The first kappa shape index (κ1) is 13.5. The minimum Gasteiger partial charge on any atom is -0.481 e. The van der Waals surface area contributed by atoms with Crippen LogP contribution in [0.2, 0.25) is 0 Å². The SMILES string of the molecule is C=CCOC(=O)N1CCC(C)(C(=O)O)[C@H]1CO. The Morgan fingerprint density at radius 2 is 2.29 bits per heavy atom. The molecule has 2 atom stereocenters. The number of aliphatic hydroxyl groups excluding tert-OH is 1. The van der Waals surface area contributed by atoms with Crippen molar-refractivity contribution in [2.75, 3.05) is 19.8 Å². The Labute approximate surface area is 99.5 Å². The highest BCUT2D eigenvalue weighted by Gasteiger charge is 2.51. The number of ether oxygens (including phenoxy) is 1. The van der Waals surface area contributed by atoms with E-state index in [0.29, 0.717) is 6.42 Å². The summed E-state index contributed by atoms with van der Waals surface area (Å²) in [5.74, 6) is -1.02. The van der Waals surface area contributed by atoms with Crippen LogP contribution in [0.25, 0.3) is 0 Å². The van der Waals surface area contributed by atoms with Gasteiger partial charge in [-0.1, -0.05) is 12.7 Å². The van der Waals surface area contributed by atoms with E-state index in [1.807, 2.05) is 0 Å². The second kappa shape index (κ2) is 5.18. The van der Waals surface area contributed by atoms with Crippen LogP contribution in [-0.2, 0) is 9.53 Å². The molecular formula is C11H17NO5. The summed E-state index contributed by atoms with van der Waals surface area (Å²) in [7, 11) is 0. The zero-order valence-electron chi connectivity index (χ0n) is 9.76. The van der Waals surface area contributed by atoms with E-state index < -0.39 is 30.1 Å². The maximum atomic E-state index is 11.6. The zero-order chi connectivity index (χ0) is 13.1. The van der Waals surface area contributed by atoms with Crippen LogP contribution in [0, 0.1) is 5.41 Å². The molecule has 0 saturated carbocycles. The second-order valence-corrected chi connectivity index (χ2v) is 4.23. The van der Waals surface area contributed by atoms with E-state index in [-0.39, 0.29) is 13.2 Å². The molecule has 0 spiro atoms. The standard InChI is InChI=1S/C11H17NO5/c1-3-6-17-10(16)12-5-4-11(2,9(14)15)8(12)7-13/h3,8,13H,1,4-7H2,2H3,(H,14,15)/t8-,11?/m1/s1. The number of carboxylic acid groups (broad SMARTS) is 1. The second-order valence-electron chi connectivity index (χ2n) is 4.23. The molecule has 0 radical (unpaired) electrons. The lowest BCUT2D eigenvalue weighted by atomic mass is 9.83. The van der Waals surface area contributed by atoms with Crippen molar-refractivity contribution in [3.05, 3.63) is 12.7 Å². The summed E-state index contributed by atoms with van der Waals surface area (Å²) < 4.78 is 4.85. The van der Waals surface area contributed by atoms with Crippen molar-refractivity contribution in [2.24, 2.45) is 5.41 Å². The summed E-state index contributed by atoms with van der Waals surface area (Å²) >= 11 is 0. The van der Waals surface area contributed by atoms with Gasteiger partial charge in [0.25, 0.3) is 0 Å². The number of carboxylic acids is 1. The van der Waals surface area contributed by atoms with E-state index >= 15 is 0 Å². The number of rotatable bonds is 4. The largest absolute Gasteiger partial charge is 0.481 e. The van der Waals surface area contributed by atoms with Crippen LogP contribution in [-0.4, -0.2) is 53.0 Å². The fourth-order valence-corrected chi connectivity index (χ4v) is 2.00. The van der Waals surface area contributed by atoms with Crippen molar-refractivity contribution in [2.45, 2.75) is 19.4 Å². The molecule has 1 rings (SSSR count). The molecule has 0 aromatic heterocycles. The van der Waals surface area contributed by atoms with Crippen molar-refractivity contribution in [1.82, 2.24) is 4.90 Å². The zero-order valence-corrected chi connectivity index (χ0v) is 9.76. The molecule has 1 amide bonds. The molecule has 1 saturated heterocycles. The molecule has 1 fully saturated rings. The van der Waals surface area contributed by atoms with Crippen LogP contribution in [0.1, 0.15) is 13.3 Å². The van der Waals surface area contributed by atoms with Gasteiger partial charge in [-0.3, -0.25) is 4.79 Å². The summed E-state index contributed by atoms with van der Waals surface area (Å²) in [6, 6.07) is -0.752. The molecule has 1 aliphatic rings. The van der Waals surface area contributed by atoms with Gasteiger partial charge in [-0.25, -0.2) is 4.79 Å². The molecule has 6 heteroatoms. The van der Waals surface area contributed by atoms with Crippen molar-refractivity contribution in [3.8, 4) is 0 Å². The van der Waals surface area contributed by atoms with Gasteiger partial charge in [0.1, 0.15) is 6.61 Å². The molecule has 0 aromatic rings. The van der Waals surface area contributed by atoms with Crippen LogP contribution in [0.3, 0.4) is 0 Å². The summed E-state index contributed by atoms with van der Waals surface area (Å²) in [5, 5.41) is 18.4. The van der Waals surface area contributed by atoms with Gasteiger partial charge in [0.2, 0.25) is 0 Å². The van der Waals surface area contributed by atoms with Gasteiger partial charge in [0.15, 0.2) is 0 Å². The van der Waals surface area contributed by atoms with Crippen molar-refractivity contribution in [3.63, 3.8) is 0 Å². The van der Waals surface area contributed by atoms with Crippen LogP contribution in [0.15, 0.2) is 12.7 Å². The van der Waals surface area contributed by atoms with Crippen LogP contribution >= 0.6 is 0 Å². The van der Waals surface area contributed by atoms with E-state index in [9.17, 15) is 14.7 Å². The summed E-state index contributed by atoms with van der Waals surface area (Å²) in [6.07, 6.45) is 1.11. The first-order valence-corrected chi connectivity index (χ1v) is 5.36. The number of aliphatic carboxylic acids is 1. The normalized spacial score (nSPS) is 27.9. The molecular weight excluding hydrogens is 226 g/mol. The summed E-state index contributed by atoms with van der Waals surface area (Å²) in [4.78, 5) is 24.1. The Morgan fingerprint density at radius 1 is 1.65 bits per heavy atom. The molecule has 6 nitrogen and oxygen atoms in total. The number of carbonyl (C=O) groups excluding carboxylic acids is 1. The molecule has 0 bridgehead atoms. The fourth-order valence-electron chi connectivity index (χ4n) is 2.00. The van der Waals surface area contributed by atoms with Gasteiger partial charge in [-0.15, -0.1) is 0 Å². The van der Waals surface area contributed by atoms with Crippen molar-refractivity contribution >= 4 is 12.1 Å². The molecule has 96 valence electrons. The van der Waals surface area contributed by atoms with E-state index in [1.54, 1.807) is 0 Å². The van der Waals surface area contributed by atoms with Gasteiger partial charge < -0.3 is 19.8 Å². The monoisotopic (exact) mass is 243 g/mol. The lowest BCUT2D eigenvalue weighted by molar-refractivity contribution is -0.149. The van der Waals surface area contributed by atoms with Crippen molar-refractivity contribution < 1.29 is 24.5 Å². The third kappa shape index (κ3) is 2.41. The molecule has 1 unspecified atom stereocenters. The highest BCUT2D eigenvalue weighted by Crippen LogP contribution is 2.37. The first-order valence-electron chi connectivity index (χ1n) is 5.36. The lowest BCUT2D eigenvalue weighted by Crippen LogP contribution is -2.47. The minimum atomic E-state index is -1.12. The van der Waals surface area contributed by atoms with E-state index in [4.69, 9.17) is 9.84 Å². The highest BCUT2D eigenvalue weighted by atomic mass is 16.6. The number of hydrogen-bond donors (Lipinski definition) is 2. The van der Waals surface area contributed by atoms with Gasteiger partial charge in [-0.2, -0.15) is 0 Å². The average molecular weight is 243 g/mol. The van der Waals surface area contributed by atoms with Gasteiger partial charge >= 0.3 is 12.1 Å². The quantitative estimate of drug-likeness (QED) is 0.701. The maximum absolute atomic E-state index is 11.6. The summed E-state index contributed by atoms with van der Waals surface area (Å²) in [5.41, 5.74) is -1.12. The fraction of sp³-hybridized carbons (Fsp3) is 0.636. The molecule has 2 N–H and O–H groups in total. The summed E-state index contributed by atoms with van der Waals surface area (Å²) in [6.45, 7) is 4.88. The lowest BCUT2D eigenvalue weighted by Gasteiger charge is -2.29. The average Bonchev–Trinajstić information content (AvgIpc) is 2.64. The third-order valence-electron chi connectivity index (χ3n) is 3.20.